The van der Waals surface area contributed by atoms with Crippen molar-refractivity contribution in [3.8, 4) is 0 Å². The summed E-state index contributed by atoms with van der Waals surface area (Å²) in [6.45, 7) is 31.8. The van der Waals surface area contributed by atoms with Crippen LogP contribution >= 0.6 is 0 Å². The third-order valence-corrected chi connectivity index (χ3v) is 17.7. The minimum Gasteiger partial charge on any atom is -0.390 e. The Morgan fingerprint density at radius 1 is 0.923 bits per heavy atom. The molecule has 8 heteroatoms. The van der Waals surface area contributed by atoms with Crippen molar-refractivity contribution in [3.63, 3.8) is 0 Å². The monoisotopic (exact) mass is 729 g/mol. The van der Waals surface area contributed by atoms with E-state index in [0.29, 0.717) is 52.6 Å². The zero-order valence-electron chi connectivity index (χ0n) is 34.9. The molecule has 5 aliphatic carbocycles. The second-order valence-corrected chi connectivity index (χ2v) is 22.4. The number of nitrogens with zero attached hydrogens (tertiary/aromatic N) is 2. The van der Waals surface area contributed by atoms with Gasteiger partial charge in [-0.15, -0.1) is 0 Å². The Labute approximate surface area is 316 Å². The summed E-state index contributed by atoms with van der Waals surface area (Å²) in [4.78, 5) is 5.25. The molecule has 0 aromatic carbocycles. The molecule has 8 fully saturated rings. The summed E-state index contributed by atoms with van der Waals surface area (Å²) in [5.74, 6) is 1.85. The van der Waals surface area contributed by atoms with Crippen molar-refractivity contribution in [2.24, 2.45) is 56.2 Å². The third kappa shape index (κ3) is 5.55. The molecule has 0 radical (unpaired) electrons. The molecule has 5 saturated carbocycles. The van der Waals surface area contributed by atoms with Gasteiger partial charge in [-0.05, 0) is 123 Å². The quantitative estimate of drug-likeness (QED) is 0.284. The van der Waals surface area contributed by atoms with Gasteiger partial charge in [-0.1, -0.05) is 55.4 Å². The number of ether oxygens (including phenoxy) is 4. The molecular weight excluding hydrogens is 652 g/mol. The van der Waals surface area contributed by atoms with E-state index < -0.39 is 17.8 Å². The number of fused-ring (bicyclic) bond motifs is 4. The number of rotatable bonds is 8. The van der Waals surface area contributed by atoms with Gasteiger partial charge in [0.05, 0.1) is 36.6 Å². The molecule has 298 valence electrons. The predicted molar refractivity (Wildman–Crippen MR) is 204 cm³/mol. The van der Waals surface area contributed by atoms with Crippen LogP contribution < -0.4 is 0 Å². The minimum absolute atomic E-state index is 0.0219. The molecular formula is C44H76N2O6. The second-order valence-electron chi connectivity index (χ2n) is 22.4. The van der Waals surface area contributed by atoms with Crippen LogP contribution in [0.3, 0.4) is 0 Å². The Hall–Kier alpha value is -0.320. The maximum Gasteiger partial charge on any atom is 0.170 e. The summed E-state index contributed by atoms with van der Waals surface area (Å²) in [5.41, 5.74) is -0.0945. The van der Waals surface area contributed by atoms with Crippen molar-refractivity contribution in [2.75, 3.05) is 45.9 Å². The highest BCUT2D eigenvalue weighted by Gasteiger charge is 2.84. The number of aliphatic hydroxyl groups is 2. The lowest BCUT2D eigenvalue weighted by molar-refractivity contribution is -0.253. The summed E-state index contributed by atoms with van der Waals surface area (Å²) in [6.07, 6.45) is 8.14. The Kier molecular flexibility index (Phi) is 9.33. The molecule has 3 heterocycles. The molecule has 0 amide bonds. The molecule has 0 aromatic heterocycles. The first kappa shape index (κ1) is 38.5. The molecule has 0 aromatic rings. The van der Waals surface area contributed by atoms with E-state index in [1.807, 2.05) is 20.8 Å². The highest BCUT2D eigenvalue weighted by atomic mass is 16.7. The lowest BCUT2D eigenvalue weighted by atomic mass is 9.41. The summed E-state index contributed by atoms with van der Waals surface area (Å²) in [7, 11) is 0. The maximum absolute atomic E-state index is 12.7. The van der Waals surface area contributed by atoms with E-state index in [4.69, 9.17) is 18.9 Å². The summed E-state index contributed by atoms with van der Waals surface area (Å²) >= 11 is 0. The first-order valence-corrected chi connectivity index (χ1v) is 21.6. The highest BCUT2D eigenvalue weighted by molar-refractivity contribution is 5.33. The van der Waals surface area contributed by atoms with Crippen LogP contribution in [0.4, 0.5) is 0 Å². The number of hydrogen-bond donors (Lipinski definition) is 2. The van der Waals surface area contributed by atoms with E-state index in [1.165, 1.54) is 58.2 Å². The van der Waals surface area contributed by atoms with Crippen LogP contribution in [-0.2, 0) is 18.9 Å². The van der Waals surface area contributed by atoms with Crippen LogP contribution in [0.15, 0.2) is 0 Å². The van der Waals surface area contributed by atoms with Crippen molar-refractivity contribution >= 4 is 0 Å². The van der Waals surface area contributed by atoms with Crippen LogP contribution in [-0.4, -0.2) is 114 Å². The topological polar surface area (TPSA) is 83.9 Å². The van der Waals surface area contributed by atoms with Gasteiger partial charge in [-0.25, -0.2) is 0 Å². The van der Waals surface area contributed by atoms with E-state index in [1.54, 1.807) is 0 Å². The fourth-order valence-corrected chi connectivity index (χ4v) is 15.5. The second kappa shape index (κ2) is 12.6. The molecule has 8 rings (SSSR count). The van der Waals surface area contributed by atoms with E-state index in [-0.39, 0.29) is 40.8 Å². The van der Waals surface area contributed by atoms with Gasteiger partial charge in [-0.3, -0.25) is 9.80 Å². The van der Waals surface area contributed by atoms with Crippen molar-refractivity contribution in [1.82, 2.24) is 9.80 Å². The van der Waals surface area contributed by atoms with Crippen molar-refractivity contribution in [2.45, 2.75) is 176 Å². The summed E-state index contributed by atoms with van der Waals surface area (Å²) < 4.78 is 26.5. The zero-order valence-corrected chi connectivity index (χ0v) is 34.9. The van der Waals surface area contributed by atoms with Crippen LogP contribution in [0.5, 0.6) is 0 Å². The highest BCUT2D eigenvalue weighted by Crippen LogP contribution is 2.89. The number of likely N-dealkylation sites (tertiary alicyclic amines) is 1. The Balaban J connectivity index is 0.967. The smallest absolute Gasteiger partial charge is 0.170 e. The van der Waals surface area contributed by atoms with Crippen molar-refractivity contribution in [3.05, 3.63) is 0 Å². The van der Waals surface area contributed by atoms with E-state index in [9.17, 15) is 10.2 Å². The molecule has 2 N–H and O–H groups in total. The van der Waals surface area contributed by atoms with Crippen molar-refractivity contribution < 1.29 is 29.2 Å². The SMILES string of the molecule is CCO[C@@H](C1C[C@@H](C)[C@H]2C(O1)[C@H](O)[C@@]1(C)C3CC[C@H]4C(C)(C)[C@@H](O[C@H]5CN(C6CN(CC(C)(C)C)C6)CCO5)CC[C@@]45C[C@@]35CC[C@]21C)C(C)(C)O. The van der Waals surface area contributed by atoms with Crippen LogP contribution in [0.1, 0.15) is 128 Å². The van der Waals surface area contributed by atoms with E-state index in [2.05, 4.69) is 65.2 Å². The first-order chi connectivity index (χ1) is 24.2. The third-order valence-electron chi connectivity index (χ3n) is 17.7. The van der Waals surface area contributed by atoms with Crippen molar-refractivity contribution in [1.29, 1.82) is 0 Å². The number of hydrogen-bond acceptors (Lipinski definition) is 8. The molecule has 3 aliphatic heterocycles. The Bertz CT molecular complexity index is 1340. The Morgan fingerprint density at radius 3 is 2.29 bits per heavy atom. The fraction of sp³-hybridized carbons (Fsp3) is 1.00. The molecule has 3 unspecified atom stereocenters. The fourth-order valence-electron chi connectivity index (χ4n) is 15.5. The average molecular weight is 729 g/mol. The molecule has 3 saturated heterocycles. The van der Waals surface area contributed by atoms with Gasteiger partial charge in [0.2, 0.25) is 0 Å². The lowest BCUT2D eigenvalue weighted by Crippen LogP contribution is -2.64. The van der Waals surface area contributed by atoms with Crippen LogP contribution in [0, 0.1) is 56.2 Å². The van der Waals surface area contributed by atoms with Gasteiger partial charge in [-0.2, -0.15) is 0 Å². The lowest BCUT2D eigenvalue weighted by Gasteiger charge is -2.64. The molecule has 52 heavy (non-hydrogen) atoms. The van der Waals surface area contributed by atoms with Gasteiger partial charge in [0.1, 0.15) is 6.10 Å². The molecule has 0 bridgehead atoms. The molecule has 2 spiro atoms. The Morgan fingerprint density at radius 2 is 1.62 bits per heavy atom. The zero-order chi connectivity index (χ0) is 37.4. The predicted octanol–water partition coefficient (Wildman–Crippen LogP) is 6.75. The molecule has 8 nitrogen and oxygen atoms in total. The average Bonchev–Trinajstić information content (AvgIpc) is 3.66. The molecule has 8 aliphatic rings. The summed E-state index contributed by atoms with van der Waals surface area (Å²) in [5, 5.41) is 23.8. The van der Waals surface area contributed by atoms with Gasteiger partial charge < -0.3 is 29.2 Å². The van der Waals surface area contributed by atoms with Crippen LogP contribution in [0.25, 0.3) is 0 Å². The van der Waals surface area contributed by atoms with E-state index in [0.717, 1.165) is 32.5 Å². The van der Waals surface area contributed by atoms with Gasteiger partial charge in [0.15, 0.2) is 6.29 Å². The normalized spacial score (nSPS) is 49.9. The summed E-state index contributed by atoms with van der Waals surface area (Å²) in [6, 6.07) is 0.626. The van der Waals surface area contributed by atoms with E-state index >= 15 is 0 Å². The van der Waals surface area contributed by atoms with Crippen LogP contribution in [0.2, 0.25) is 0 Å². The largest absolute Gasteiger partial charge is 0.390 e. The standard InChI is InChI=1S/C44H76N2O6/c1-12-49-37(40(8,9)48)29-21-27(2)34-35(51-29)36(47)42(11)31-14-13-30-39(6,7)32(15-16-43(30)25-44(31,43)18-17-41(34,42)10)52-33-24-46(19-20-50-33)28-22-45(23-28)26-38(3,4)5/h27-37,47-48H,12-26H2,1-11H3/t27-,29?,30+,31?,32+,33+,34+,35?,36+,37+,41-,42-,43-,44+/m1/s1. The number of morpholine rings is 1. The molecule has 14 atom stereocenters. The van der Waals surface area contributed by atoms with Gasteiger partial charge in [0, 0.05) is 50.8 Å². The van der Waals surface area contributed by atoms with Gasteiger partial charge in [0.25, 0.3) is 0 Å². The minimum atomic E-state index is -1.01. The first-order valence-electron chi connectivity index (χ1n) is 21.6. The van der Waals surface area contributed by atoms with Gasteiger partial charge >= 0.3 is 0 Å². The number of aliphatic hydroxyl groups excluding tert-OH is 1. The maximum atomic E-state index is 12.7.